The minimum absolute atomic E-state index is 0.967. The van der Waals surface area contributed by atoms with Crippen molar-refractivity contribution in [3.63, 3.8) is 0 Å². The Kier molecular flexibility index (Phi) is 14.9. The van der Waals surface area contributed by atoms with E-state index in [1.54, 1.807) is 0 Å². The summed E-state index contributed by atoms with van der Waals surface area (Å²) in [7, 11) is 0. The number of rotatable bonds is 10. The van der Waals surface area contributed by atoms with Crippen LogP contribution < -0.4 is 0 Å². The molecular formula is C25H50. The molecule has 0 aromatic carbocycles. The van der Waals surface area contributed by atoms with E-state index in [2.05, 4.69) is 20.8 Å². The highest BCUT2D eigenvalue weighted by atomic mass is 14.3. The second kappa shape index (κ2) is 16.2. The molecule has 25 heavy (non-hydrogen) atoms. The summed E-state index contributed by atoms with van der Waals surface area (Å²) >= 11 is 0. The second-order valence-electron chi connectivity index (χ2n) is 9.13. The van der Waals surface area contributed by atoms with Gasteiger partial charge in [0.2, 0.25) is 0 Å². The third-order valence-corrected chi connectivity index (χ3v) is 6.99. The molecule has 3 unspecified atom stereocenters. The Morgan fingerprint density at radius 3 is 1.76 bits per heavy atom. The molecule has 0 heterocycles. The lowest BCUT2D eigenvalue weighted by atomic mass is 9.73. The predicted octanol–water partition coefficient (Wildman–Crippen LogP) is 9.32. The average molecular weight is 351 g/mol. The Labute approximate surface area is 160 Å². The molecule has 0 bridgehead atoms. The van der Waals surface area contributed by atoms with Crippen molar-refractivity contribution >= 4 is 0 Å². The minimum atomic E-state index is 0.967. The molecule has 150 valence electrons. The zero-order valence-electron chi connectivity index (χ0n) is 18.2. The molecule has 0 heteroatoms. The molecule has 0 aromatic heterocycles. The zero-order valence-corrected chi connectivity index (χ0v) is 18.2. The van der Waals surface area contributed by atoms with E-state index in [-0.39, 0.29) is 0 Å². The van der Waals surface area contributed by atoms with Gasteiger partial charge in [-0.2, -0.15) is 0 Å². The van der Waals surface area contributed by atoms with Crippen molar-refractivity contribution in [3.8, 4) is 0 Å². The van der Waals surface area contributed by atoms with E-state index in [1.807, 2.05) is 0 Å². The fraction of sp³-hybridized carbons (Fsp3) is 1.00. The van der Waals surface area contributed by atoms with Crippen LogP contribution in [-0.4, -0.2) is 0 Å². The second-order valence-corrected chi connectivity index (χ2v) is 9.13. The van der Waals surface area contributed by atoms with Gasteiger partial charge >= 0.3 is 0 Å². The first kappa shape index (κ1) is 23.0. The third-order valence-electron chi connectivity index (χ3n) is 6.99. The maximum atomic E-state index is 2.59. The lowest BCUT2D eigenvalue weighted by Crippen LogP contribution is -2.22. The third kappa shape index (κ3) is 11.3. The molecule has 0 aromatic rings. The molecule has 1 aliphatic carbocycles. The van der Waals surface area contributed by atoms with Crippen molar-refractivity contribution in [1.29, 1.82) is 0 Å². The number of unbranched alkanes of at least 4 members (excludes halogenated alkanes) is 6. The Morgan fingerprint density at radius 2 is 1.16 bits per heavy atom. The van der Waals surface area contributed by atoms with Crippen molar-refractivity contribution in [3.05, 3.63) is 0 Å². The predicted molar refractivity (Wildman–Crippen MR) is 115 cm³/mol. The molecule has 0 amide bonds. The lowest BCUT2D eigenvalue weighted by molar-refractivity contribution is 0.185. The van der Waals surface area contributed by atoms with Gasteiger partial charge in [-0.25, -0.2) is 0 Å². The summed E-state index contributed by atoms with van der Waals surface area (Å²) < 4.78 is 0. The molecule has 0 aliphatic heterocycles. The van der Waals surface area contributed by atoms with E-state index in [4.69, 9.17) is 0 Å². The summed E-state index contributed by atoms with van der Waals surface area (Å²) in [5.41, 5.74) is 0. The van der Waals surface area contributed by atoms with Gasteiger partial charge < -0.3 is 0 Å². The summed E-state index contributed by atoms with van der Waals surface area (Å²) in [4.78, 5) is 0. The fourth-order valence-electron chi connectivity index (χ4n) is 5.19. The molecule has 1 aliphatic rings. The van der Waals surface area contributed by atoms with Gasteiger partial charge in [0.05, 0.1) is 0 Å². The lowest BCUT2D eigenvalue weighted by Gasteiger charge is -2.32. The summed E-state index contributed by atoms with van der Waals surface area (Å²) in [6, 6.07) is 0. The first-order valence-electron chi connectivity index (χ1n) is 12.3. The van der Waals surface area contributed by atoms with Crippen LogP contribution in [0.5, 0.6) is 0 Å². The first-order chi connectivity index (χ1) is 12.3. The van der Waals surface area contributed by atoms with Gasteiger partial charge in [-0.15, -0.1) is 0 Å². The van der Waals surface area contributed by atoms with Crippen LogP contribution in [0.3, 0.4) is 0 Å². The van der Waals surface area contributed by atoms with Gasteiger partial charge in [0.25, 0.3) is 0 Å². The molecule has 1 fully saturated rings. The average Bonchev–Trinajstić information content (AvgIpc) is 2.61. The summed E-state index contributed by atoms with van der Waals surface area (Å²) in [6.07, 6.45) is 28.1. The molecule has 0 N–H and O–H groups in total. The molecular weight excluding hydrogens is 300 g/mol. The van der Waals surface area contributed by atoms with Crippen molar-refractivity contribution in [2.75, 3.05) is 0 Å². The molecule has 0 radical (unpaired) electrons. The first-order valence-corrected chi connectivity index (χ1v) is 12.3. The molecule has 3 atom stereocenters. The van der Waals surface area contributed by atoms with Gasteiger partial charge in [-0.05, 0) is 24.2 Å². The zero-order chi connectivity index (χ0) is 18.2. The van der Waals surface area contributed by atoms with E-state index in [1.165, 1.54) is 122 Å². The van der Waals surface area contributed by atoms with Crippen LogP contribution in [0.4, 0.5) is 0 Å². The highest BCUT2D eigenvalue weighted by Crippen LogP contribution is 2.36. The smallest absolute Gasteiger partial charge is 0.0360 e. The normalized spacial score (nSPS) is 25.1. The van der Waals surface area contributed by atoms with E-state index in [0.717, 1.165) is 17.8 Å². The SMILES string of the molecule is CCCCCCCCCC(CC)C1CCCCCCCCCCC1C. The van der Waals surface area contributed by atoms with E-state index < -0.39 is 0 Å². The van der Waals surface area contributed by atoms with Gasteiger partial charge in [-0.1, -0.05) is 136 Å². The van der Waals surface area contributed by atoms with Crippen LogP contribution in [0.15, 0.2) is 0 Å². The Bertz CT molecular complexity index is 269. The number of hydrogen-bond acceptors (Lipinski definition) is 0. The van der Waals surface area contributed by atoms with Gasteiger partial charge in [-0.3, -0.25) is 0 Å². The van der Waals surface area contributed by atoms with E-state index in [0.29, 0.717) is 0 Å². The quantitative estimate of drug-likeness (QED) is 0.344. The largest absolute Gasteiger partial charge is 0.0654 e. The van der Waals surface area contributed by atoms with Crippen LogP contribution in [0.1, 0.15) is 143 Å². The van der Waals surface area contributed by atoms with Crippen molar-refractivity contribution in [1.82, 2.24) is 0 Å². The van der Waals surface area contributed by atoms with Gasteiger partial charge in [0, 0.05) is 0 Å². The minimum Gasteiger partial charge on any atom is -0.0654 e. The maximum Gasteiger partial charge on any atom is -0.0360 e. The van der Waals surface area contributed by atoms with Crippen molar-refractivity contribution < 1.29 is 0 Å². The Hall–Kier alpha value is 0. The molecule has 0 spiro atoms. The summed E-state index contributed by atoms with van der Waals surface area (Å²) in [5, 5.41) is 0. The molecule has 1 saturated carbocycles. The fourth-order valence-corrected chi connectivity index (χ4v) is 5.19. The van der Waals surface area contributed by atoms with Crippen LogP contribution in [-0.2, 0) is 0 Å². The van der Waals surface area contributed by atoms with Crippen molar-refractivity contribution in [2.45, 2.75) is 143 Å². The van der Waals surface area contributed by atoms with E-state index in [9.17, 15) is 0 Å². The highest BCUT2D eigenvalue weighted by Gasteiger charge is 2.24. The van der Waals surface area contributed by atoms with Gasteiger partial charge in [0.15, 0.2) is 0 Å². The van der Waals surface area contributed by atoms with Crippen LogP contribution in [0.25, 0.3) is 0 Å². The highest BCUT2D eigenvalue weighted by molar-refractivity contribution is 4.75. The number of hydrogen-bond donors (Lipinski definition) is 0. The van der Waals surface area contributed by atoms with Crippen LogP contribution in [0, 0.1) is 17.8 Å². The molecule has 0 nitrogen and oxygen atoms in total. The van der Waals surface area contributed by atoms with Crippen LogP contribution in [0.2, 0.25) is 0 Å². The summed E-state index contributed by atoms with van der Waals surface area (Å²) in [6.45, 7) is 7.37. The monoisotopic (exact) mass is 350 g/mol. The molecule has 0 saturated heterocycles. The Balaban J connectivity index is 2.36. The summed E-state index contributed by atoms with van der Waals surface area (Å²) in [5.74, 6) is 2.99. The van der Waals surface area contributed by atoms with Crippen molar-refractivity contribution in [2.24, 2.45) is 17.8 Å². The topological polar surface area (TPSA) is 0 Å². The van der Waals surface area contributed by atoms with Crippen LogP contribution >= 0.6 is 0 Å². The van der Waals surface area contributed by atoms with Gasteiger partial charge in [0.1, 0.15) is 0 Å². The Morgan fingerprint density at radius 1 is 0.640 bits per heavy atom. The maximum absolute atomic E-state index is 2.59. The standard InChI is InChI=1S/C25H50/c1-4-6-7-8-11-15-18-21-24(5-2)25-22-19-16-13-10-9-12-14-17-20-23(25)3/h23-25H,4-22H2,1-3H3. The van der Waals surface area contributed by atoms with E-state index >= 15 is 0 Å². The molecule has 1 rings (SSSR count).